The van der Waals surface area contributed by atoms with Crippen LogP contribution in [0.1, 0.15) is 58.8 Å². The smallest absolute Gasteiger partial charge is 0.240 e. The van der Waals surface area contributed by atoms with Crippen LogP contribution < -0.4 is 15.4 Å². The largest absolute Gasteiger partial charge is 0.499 e. The van der Waals surface area contributed by atoms with Gasteiger partial charge < -0.3 is 24.8 Å². The maximum Gasteiger partial charge on any atom is 0.240 e. The molecular weight excluding hydrogens is 520 g/mol. The number of hydrogen-bond donors (Lipinski definition) is 2. The molecule has 0 bridgehead atoms. The predicted octanol–water partition coefficient (Wildman–Crippen LogP) is 5.33. The summed E-state index contributed by atoms with van der Waals surface area (Å²) in [7, 11) is 3.27. The lowest BCUT2D eigenvalue weighted by molar-refractivity contribution is -0.133. The SMILES string of the molecule is CO/C1=C/C/C(Oc2ncc(NC(=O)C3(C(=O)NC4=CCCCC4)CC3)cc2Cl)=C\C=N/C(C)C(C)C1OC. The molecule has 39 heavy (non-hydrogen) atoms. The molecular formula is C29H37ClN4O5. The van der Waals surface area contributed by atoms with Crippen LogP contribution in [0.5, 0.6) is 5.88 Å². The molecule has 1 fully saturated rings. The molecule has 210 valence electrons. The summed E-state index contributed by atoms with van der Waals surface area (Å²) >= 11 is 6.48. The number of aromatic nitrogens is 1. The molecule has 3 atom stereocenters. The maximum atomic E-state index is 13.0. The van der Waals surface area contributed by atoms with Gasteiger partial charge in [-0.25, -0.2) is 4.98 Å². The Bertz CT molecular complexity index is 1200. The number of allylic oxidation sites excluding steroid dienone is 4. The molecule has 3 aliphatic rings. The van der Waals surface area contributed by atoms with Gasteiger partial charge in [0.05, 0.1) is 25.0 Å². The van der Waals surface area contributed by atoms with Crippen molar-refractivity contribution in [3.63, 3.8) is 0 Å². The van der Waals surface area contributed by atoms with E-state index in [0.717, 1.165) is 31.4 Å². The molecule has 1 aromatic rings. The third kappa shape index (κ3) is 6.89. The fraction of sp³-hybridized carbons (Fsp3) is 0.517. The maximum absolute atomic E-state index is 13.0. The Balaban J connectivity index is 1.44. The number of halogens is 1. The van der Waals surface area contributed by atoms with E-state index in [0.29, 0.717) is 36.5 Å². The van der Waals surface area contributed by atoms with Crippen molar-refractivity contribution in [2.24, 2.45) is 16.3 Å². The number of amides is 2. The van der Waals surface area contributed by atoms with Crippen LogP contribution in [-0.4, -0.2) is 49.4 Å². The predicted molar refractivity (Wildman–Crippen MR) is 151 cm³/mol. The minimum absolute atomic E-state index is 0.00931. The van der Waals surface area contributed by atoms with Crippen molar-refractivity contribution in [2.45, 2.75) is 70.9 Å². The Morgan fingerprint density at radius 2 is 1.87 bits per heavy atom. The number of carbonyl (C=O) groups excluding carboxylic acids is 2. The average molecular weight is 557 g/mol. The molecule has 2 amide bonds. The van der Waals surface area contributed by atoms with Gasteiger partial charge in [0.2, 0.25) is 17.7 Å². The van der Waals surface area contributed by atoms with Crippen molar-refractivity contribution in [1.29, 1.82) is 0 Å². The van der Waals surface area contributed by atoms with E-state index in [-0.39, 0.29) is 40.8 Å². The second-order valence-electron chi connectivity index (χ2n) is 10.3. The molecule has 0 radical (unpaired) electrons. The summed E-state index contributed by atoms with van der Waals surface area (Å²) in [4.78, 5) is 34.8. The Kier molecular flexibility index (Phi) is 9.45. The van der Waals surface area contributed by atoms with Gasteiger partial charge in [-0.15, -0.1) is 0 Å². The van der Waals surface area contributed by atoms with Crippen molar-refractivity contribution >= 4 is 35.3 Å². The molecule has 0 saturated heterocycles. The van der Waals surface area contributed by atoms with E-state index in [1.807, 2.05) is 19.1 Å². The molecule has 1 aliphatic heterocycles. The van der Waals surface area contributed by atoms with Crippen molar-refractivity contribution in [2.75, 3.05) is 19.5 Å². The Hall–Kier alpha value is -3.17. The zero-order valence-corrected chi connectivity index (χ0v) is 23.7. The van der Waals surface area contributed by atoms with E-state index in [1.54, 1.807) is 32.6 Å². The summed E-state index contributed by atoms with van der Waals surface area (Å²) in [6.07, 6.45) is 14.0. The van der Waals surface area contributed by atoms with Gasteiger partial charge in [0.25, 0.3) is 0 Å². The van der Waals surface area contributed by atoms with Crippen molar-refractivity contribution < 1.29 is 23.8 Å². The minimum atomic E-state index is -1.06. The van der Waals surface area contributed by atoms with Gasteiger partial charge in [-0.05, 0) is 63.7 Å². The van der Waals surface area contributed by atoms with Crippen LogP contribution in [0.4, 0.5) is 5.69 Å². The van der Waals surface area contributed by atoms with Gasteiger partial charge in [-0.2, -0.15) is 0 Å². The van der Waals surface area contributed by atoms with Crippen LogP contribution in [0.2, 0.25) is 5.02 Å². The van der Waals surface area contributed by atoms with E-state index in [9.17, 15) is 9.59 Å². The number of nitrogens with zero attached hydrogens (tertiary/aromatic N) is 2. The summed E-state index contributed by atoms with van der Waals surface area (Å²) in [5.41, 5.74) is 0.244. The van der Waals surface area contributed by atoms with Crippen LogP contribution in [0.15, 0.2) is 52.7 Å². The Morgan fingerprint density at radius 3 is 2.51 bits per heavy atom. The van der Waals surface area contributed by atoms with Crippen molar-refractivity contribution in [3.8, 4) is 5.88 Å². The summed E-state index contributed by atoms with van der Waals surface area (Å²) < 4.78 is 17.3. The molecule has 2 heterocycles. The van der Waals surface area contributed by atoms with Gasteiger partial charge in [0.15, 0.2) is 0 Å². The lowest BCUT2D eigenvalue weighted by atomic mass is 9.95. The molecule has 1 saturated carbocycles. The molecule has 9 nitrogen and oxygen atoms in total. The first-order valence-corrected chi connectivity index (χ1v) is 13.8. The average Bonchev–Trinajstić information content (AvgIpc) is 3.74. The van der Waals surface area contributed by atoms with Crippen LogP contribution in [-0.2, 0) is 19.1 Å². The molecule has 0 spiro atoms. The van der Waals surface area contributed by atoms with Gasteiger partial charge in [-0.3, -0.25) is 14.6 Å². The van der Waals surface area contributed by atoms with E-state index in [4.69, 9.17) is 25.8 Å². The molecule has 10 heteroatoms. The lowest BCUT2D eigenvalue weighted by Crippen LogP contribution is -2.39. The zero-order chi connectivity index (χ0) is 28.0. The quantitative estimate of drug-likeness (QED) is 0.418. The molecule has 4 rings (SSSR count). The van der Waals surface area contributed by atoms with Crippen molar-refractivity contribution in [1.82, 2.24) is 10.3 Å². The molecule has 3 unspecified atom stereocenters. The number of anilines is 1. The monoisotopic (exact) mass is 556 g/mol. The van der Waals surface area contributed by atoms with Crippen molar-refractivity contribution in [3.05, 3.63) is 52.7 Å². The van der Waals surface area contributed by atoms with Crippen LogP contribution >= 0.6 is 11.6 Å². The van der Waals surface area contributed by atoms with Gasteiger partial charge >= 0.3 is 0 Å². The van der Waals surface area contributed by atoms with Crippen LogP contribution in [0, 0.1) is 11.3 Å². The summed E-state index contributed by atoms with van der Waals surface area (Å²) in [5.74, 6) is 0.936. The number of methoxy groups -OCH3 is 2. The van der Waals surface area contributed by atoms with Gasteiger partial charge in [-0.1, -0.05) is 24.6 Å². The number of carbonyl (C=O) groups is 2. The molecule has 1 aromatic heterocycles. The van der Waals surface area contributed by atoms with E-state index in [2.05, 4.69) is 27.5 Å². The molecule has 2 aliphatic carbocycles. The highest BCUT2D eigenvalue weighted by molar-refractivity contribution is 6.32. The topological polar surface area (TPSA) is 111 Å². The third-order valence-corrected chi connectivity index (χ3v) is 7.84. The summed E-state index contributed by atoms with van der Waals surface area (Å²) in [5, 5.41) is 5.98. The van der Waals surface area contributed by atoms with E-state index >= 15 is 0 Å². The third-order valence-electron chi connectivity index (χ3n) is 7.57. The molecule has 0 aromatic carbocycles. The second-order valence-corrected chi connectivity index (χ2v) is 10.7. The fourth-order valence-electron chi connectivity index (χ4n) is 4.74. The van der Waals surface area contributed by atoms with Gasteiger partial charge in [0.1, 0.15) is 28.1 Å². The van der Waals surface area contributed by atoms with E-state index < -0.39 is 5.41 Å². The number of rotatable bonds is 8. The normalized spacial score (nSPS) is 27.9. The first-order valence-electron chi connectivity index (χ1n) is 13.4. The highest BCUT2D eigenvalue weighted by Gasteiger charge is 2.56. The van der Waals surface area contributed by atoms with E-state index in [1.165, 1.54) is 6.20 Å². The highest BCUT2D eigenvalue weighted by Crippen LogP contribution is 2.47. The lowest BCUT2D eigenvalue weighted by Gasteiger charge is -2.27. The van der Waals surface area contributed by atoms with Gasteiger partial charge in [0, 0.05) is 31.4 Å². The Labute approximate surface area is 234 Å². The Morgan fingerprint density at radius 1 is 1.10 bits per heavy atom. The number of aliphatic imine (C=N–C) groups is 1. The zero-order valence-electron chi connectivity index (χ0n) is 23.0. The van der Waals surface area contributed by atoms with Crippen LogP contribution in [0.25, 0.3) is 0 Å². The second kappa shape index (κ2) is 12.8. The summed E-state index contributed by atoms with van der Waals surface area (Å²) in [6.45, 7) is 4.09. The number of pyridine rings is 1. The number of nitrogens with one attached hydrogen (secondary N) is 2. The summed E-state index contributed by atoms with van der Waals surface area (Å²) in [6, 6.07) is 1.56. The highest BCUT2D eigenvalue weighted by atomic mass is 35.5. The molecule has 2 N–H and O–H groups in total. The van der Waals surface area contributed by atoms with Crippen LogP contribution in [0.3, 0.4) is 0 Å². The first-order chi connectivity index (χ1) is 18.8. The minimum Gasteiger partial charge on any atom is -0.499 e. The fourth-order valence-corrected chi connectivity index (χ4v) is 4.95. The number of hydrogen-bond acceptors (Lipinski definition) is 7. The number of ether oxygens (including phenoxy) is 3. The first kappa shape index (κ1) is 28.8. The standard InChI is InChI=1S/C29H37ClN4O5/c1-18-19(2)31-15-12-22(10-11-24(37-3)25(18)38-4)39-26-23(30)16-21(17-32-26)34-28(36)29(13-14-29)27(35)33-20-8-6-5-7-9-20/h8,11-12,15-19,25H,5-7,9-10,13-14H2,1-4H3,(H,33,35)(H,34,36)/b22-12+,24-11+,31-15-.